The van der Waals surface area contributed by atoms with Crippen molar-refractivity contribution in [2.75, 3.05) is 16.8 Å². The van der Waals surface area contributed by atoms with E-state index in [-0.39, 0.29) is 11.8 Å². The Morgan fingerprint density at radius 3 is 2.72 bits per heavy atom. The zero-order valence-corrected chi connectivity index (χ0v) is 20.4. The summed E-state index contributed by atoms with van der Waals surface area (Å²) in [5, 5.41) is 6.34. The van der Waals surface area contributed by atoms with Crippen molar-refractivity contribution >= 4 is 34.7 Å². The van der Waals surface area contributed by atoms with Gasteiger partial charge in [0.05, 0.1) is 22.8 Å². The zero-order chi connectivity index (χ0) is 24.5. The van der Waals surface area contributed by atoms with Gasteiger partial charge in [-0.05, 0) is 61.2 Å². The van der Waals surface area contributed by atoms with Gasteiger partial charge >= 0.3 is 0 Å². The first-order chi connectivity index (χ1) is 17.7. The van der Waals surface area contributed by atoms with Crippen molar-refractivity contribution in [2.24, 2.45) is 0 Å². The number of pyridine rings is 2. The molecule has 4 heterocycles. The van der Waals surface area contributed by atoms with Crippen molar-refractivity contribution in [1.82, 2.24) is 15.3 Å². The third kappa shape index (κ3) is 4.59. The van der Waals surface area contributed by atoms with E-state index in [1.807, 2.05) is 60.7 Å². The van der Waals surface area contributed by atoms with Crippen molar-refractivity contribution in [2.45, 2.75) is 31.8 Å². The molecule has 0 bridgehead atoms. The minimum Gasteiger partial charge on any atom is -0.364 e. The van der Waals surface area contributed by atoms with Crippen molar-refractivity contribution in [1.29, 1.82) is 0 Å². The molecule has 0 saturated heterocycles. The van der Waals surface area contributed by atoms with Gasteiger partial charge in [0, 0.05) is 29.2 Å². The largest absolute Gasteiger partial charge is 0.364 e. The predicted octanol–water partition coefficient (Wildman–Crippen LogP) is 4.91. The van der Waals surface area contributed by atoms with Gasteiger partial charge in [-0.2, -0.15) is 0 Å². The van der Waals surface area contributed by atoms with E-state index < -0.39 is 0 Å². The maximum atomic E-state index is 13.7. The van der Waals surface area contributed by atoms with Gasteiger partial charge in [0.25, 0.3) is 11.8 Å². The van der Waals surface area contributed by atoms with Gasteiger partial charge in [0.1, 0.15) is 11.5 Å². The van der Waals surface area contributed by atoms with Gasteiger partial charge in [-0.15, -0.1) is 11.3 Å². The number of hydrogen-bond acceptors (Lipinski definition) is 6. The maximum absolute atomic E-state index is 13.7. The number of carbonyl (C=O) groups is 2. The lowest BCUT2D eigenvalue weighted by Crippen LogP contribution is -2.33. The first-order valence-electron chi connectivity index (χ1n) is 12.1. The number of para-hydroxylation sites is 1. The molecule has 4 aromatic rings. The number of rotatable bonds is 6. The molecule has 1 aromatic carbocycles. The minimum atomic E-state index is -0.147. The molecule has 7 nitrogen and oxygen atoms in total. The lowest BCUT2D eigenvalue weighted by Gasteiger charge is -2.23. The highest BCUT2D eigenvalue weighted by Gasteiger charge is 2.29. The average molecular weight is 496 g/mol. The molecule has 2 N–H and O–H groups in total. The highest BCUT2D eigenvalue weighted by Crippen LogP contribution is 2.42. The molecule has 1 aliphatic carbocycles. The molecule has 3 aromatic heterocycles. The Labute approximate surface area is 213 Å². The van der Waals surface area contributed by atoms with E-state index in [1.165, 1.54) is 11.3 Å². The summed E-state index contributed by atoms with van der Waals surface area (Å²) in [6.07, 6.45) is 4.54. The van der Waals surface area contributed by atoms with Crippen LogP contribution in [0.1, 0.15) is 44.3 Å². The third-order valence-electron chi connectivity index (χ3n) is 6.38. The Kier molecular flexibility index (Phi) is 5.95. The Hall–Kier alpha value is -4.04. The first-order valence-corrected chi connectivity index (χ1v) is 12.9. The van der Waals surface area contributed by atoms with E-state index in [0.29, 0.717) is 37.1 Å². The fourth-order valence-electron chi connectivity index (χ4n) is 4.38. The molecule has 6 rings (SSSR count). The molecule has 0 atom stereocenters. The van der Waals surface area contributed by atoms with Crippen LogP contribution in [0.3, 0.4) is 0 Å². The van der Waals surface area contributed by atoms with Crippen LogP contribution in [0, 0.1) is 0 Å². The van der Waals surface area contributed by atoms with Crippen LogP contribution in [0.15, 0.2) is 72.9 Å². The summed E-state index contributed by atoms with van der Waals surface area (Å²) < 4.78 is 0. The third-order valence-corrected chi connectivity index (χ3v) is 7.59. The van der Waals surface area contributed by atoms with Crippen molar-refractivity contribution in [3.05, 3.63) is 94.8 Å². The summed E-state index contributed by atoms with van der Waals surface area (Å²) in [6, 6.07) is 21.4. The molecule has 1 saturated carbocycles. The number of amides is 2. The Morgan fingerprint density at radius 2 is 1.89 bits per heavy atom. The molecule has 2 amide bonds. The summed E-state index contributed by atoms with van der Waals surface area (Å²) in [5.74, 6) is 0.478. The highest BCUT2D eigenvalue weighted by molar-refractivity contribution is 7.17. The fraction of sp³-hybridized carbons (Fsp3) is 0.214. The summed E-state index contributed by atoms with van der Waals surface area (Å²) in [7, 11) is 0. The Balaban J connectivity index is 1.26. The van der Waals surface area contributed by atoms with E-state index in [9.17, 15) is 9.59 Å². The van der Waals surface area contributed by atoms with E-state index in [2.05, 4.69) is 20.6 Å². The number of carbonyl (C=O) groups excluding carboxylic acids is 2. The van der Waals surface area contributed by atoms with Crippen molar-refractivity contribution in [3.63, 3.8) is 0 Å². The standard InChI is InChI=1S/C28H25N5O2S/c34-27(31-19-11-12-19)24-16-18-13-15-33(23-9-2-1-7-21(23)26(18)36-24)28(35)22-8-5-10-25(32-22)30-17-20-6-3-4-14-29-20/h1-10,14,16,19H,11-13,15,17H2,(H,30,32)(H,31,34). The molecule has 36 heavy (non-hydrogen) atoms. The number of aromatic nitrogens is 2. The van der Waals surface area contributed by atoms with Crippen LogP contribution in [0.5, 0.6) is 0 Å². The first kappa shape index (κ1) is 22.4. The number of benzene rings is 1. The molecule has 180 valence electrons. The average Bonchev–Trinajstić information content (AvgIpc) is 3.66. The summed E-state index contributed by atoms with van der Waals surface area (Å²) >= 11 is 1.50. The zero-order valence-electron chi connectivity index (χ0n) is 19.6. The van der Waals surface area contributed by atoms with Gasteiger partial charge < -0.3 is 15.5 Å². The molecule has 1 aliphatic heterocycles. The second kappa shape index (κ2) is 9.54. The second-order valence-corrected chi connectivity index (χ2v) is 10.1. The monoisotopic (exact) mass is 495 g/mol. The van der Waals surface area contributed by atoms with Gasteiger partial charge in [-0.1, -0.05) is 30.3 Å². The topological polar surface area (TPSA) is 87.2 Å². The van der Waals surface area contributed by atoms with Crippen LogP contribution in [0.4, 0.5) is 11.5 Å². The maximum Gasteiger partial charge on any atom is 0.276 e. The lowest BCUT2D eigenvalue weighted by atomic mass is 10.1. The lowest BCUT2D eigenvalue weighted by molar-refractivity contribution is 0.0952. The summed E-state index contributed by atoms with van der Waals surface area (Å²) in [4.78, 5) is 38.8. The highest BCUT2D eigenvalue weighted by atomic mass is 32.1. The van der Waals surface area contributed by atoms with E-state index in [0.717, 1.165) is 45.1 Å². The summed E-state index contributed by atoms with van der Waals surface area (Å²) in [5.41, 5.74) is 4.19. The van der Waals surface area contributed by atoms with Gasteiger partial charge in [-0.3, -0.25) is 14.6 Å². The molecule has 1 fully saturated rings. The molecule has 8 heteroatoms. The number of nitrogens with zero attached hydrogens (tertiary/aromatic N) is 3. The number of hydrogen-bond donors (Lipinski definition) is 2. The van der Waals surface area contributed by atoms with Gasteiger partial charge in [0.2, 0.25) is 0 Å². The minimum absolute atomic E-state index is 0.000190. The van der Waals surface area contributed by atoms with E-state index in [1.54, 1.807) is 17.2 Å². The van der Waals surface area contributed by atoms with Crippen LogP contribution in [0.2, 0.25) is 0 Å². The van der Waals surface area contributed by atoms with E-state index >= 15 is 0 Å². The van der Waals surface area contributed by atoms with Crippen LogP contribution < -0.4 is 15.5 Å². The molecular weight excluding hydrogens is 470 g/mol. The van der Waals surface area contributed by atoms with Crippen LogP contribution >= 0.6 is 11.3 Å². The molecule has 0 radical (unpaired) electrons. The van der Waals surface area contributed by atoms with Gasteiger partial charge in [0.15, 0.2) is 0 Å². The summed E-state index contributed by atoms with van der Waals surface area (Å²) in [6.45, 7) is 1.03. The van der Waals surface area contributed by atoms with Crippen molar-refractivity contribution in [3.8, 4) is 10.4 Å². The van der Waals surface area contributed by atoms with Crippen LogP contribution in [-0.2, 0) is 13.0 Å². The molecule has 0 spiro atoms. The SMILES string of the molecule is O=C(NC1CC1)c1cc2c(s1)-c1ccccc1N(C(=O)c1cccc(NCc3ccccn3)n1)CC2. The number of fused-ring (bicyclic) bond motifs is 3. The van der Waals surface area contributed by atoms with Gasteiger partial charge in [-0.25, -0.2) is 4.98 Å². The van der Waals surface area contributed by atoms with Crippen LogP contribution in [-0.4, -0.2) is 34.4 Å². The Morgan fingerprint density at radius 1 is 1.03 bits per heavy atom. The quantitative estimate of drug-likeness (QED) is 0.397. The smallest absolute Gasteiger partial charge is 0.276 e. The molecular formula is C28H25N5O2S. The second-order valence-electron chi connectivity index (χ2n) is 9.02. The fourth-order valence-corrected chi connectivity index (χ4v) is 5.52. The van der Waals surface area contributed by atoms with Crippen LogP contribution in [0.25, 0.3) is 10.4 Å². The normalized spacial score (nSPS) is 14.4. The molecule has 2 aliphatic rings. The number of thiophene rings is 1. The molecule has 0 unspecified atom stereocenters. The predicted molar refractivity (Wildman–Crippen MR) is 141 cm³/mol. The van der Waals surface area contributed by atoms with E-state index in [4.69, 9.17) is 0 Å². The number of anilines is 2. The number of nitrogens with one attached hydrogen (secondary N) is 2. The Bertz CT molecular complexity index is 1430. The van der Waals surface area contributed by atoms with Crippen molar-refractivity contribution < 1.29 is 9.59 Å².